The lowest BCUT2D eigenvalue weighted by Gasteiger charge is -2.06. The standard InChI is InChI=1S/C12H17N5O/c1-18-11-4-6-15-12(16-11)14-5-2-3-8-17-9-7-13-10-17/h4,6-7,9-10H,2-3,5,8H2,1H3,(H,14,15,16). The summed E-state index contributed by atoms with van der Waals surface area (Å²) in [6.45, 7) is 1.84. The van der Waals surface area contributed by atoms with E-state index in [4.69, 9.17) is 4.74 Å². The molecule has 0 aromatic carbocycles. The zero-order valence-corrected chi connectivity index (χ0v) is 10.4. The number of nitrogens with one attached hydrogen (secondary N) is 1. The van der Waals surface area contributed by atoms with Crippen LogP contribution in [0.4, 0.5) is 5.95 Å². The summed E-state index contributed by atoms with van der Waals surface area (Å²) in [7, 11) is 1.59. The fraction of sp³-hybridized carbons (Fsp3) is 0.417. The second kappa shape index (κ2) is 6.58. The SMILES string of the molecule is COc1ccnc(NCCCCn2ccnc2)n1. The molecule has 0 unspecified atom stereocenters. The first-order chi connectivity index (χ1) is 8.88. The molecule has 1 N–H and O–H groups in total. The van der Waals surface area contributed by atoms with E-state index in [1.165, 1.54) is 0 Å². The van der Waals surface area contributed by atoms with Crippen LogP contribution in [0.1, 0.15) is 12.8 Å². The van der Waals surface area contributed by atoms with Gasteiger partial charge in [0.05, 0.1) is 13.4 Å². The Kier molecular flexibility index (Phi) is 4.52. The summed E-state index contributed by atoms with van der Waals surface area (Å²) in [6, 6.07) is 1.73. The highest BCUT2D eigenvalue weighted by molar-refractivity contribution is 5.26. The van der Waals surface area contributed by atoms with Crippen molar-refractivity contribution in [3.63, 3.8) is 0 Å². The quantitative estimate of drug-likeness (QED) is 0.752. The molecule has 0 aliphatic rings. The Labute approximate surface area is 106 Å². The van der Waals surface area contributed by atoms with Crippen molar-refractivity contribution in [1.82, 2.24) is 19.5 Å². The number of rotatable bonds is 7. The molecule has 0 saturated carbocycles. The monoisotopic (exact) mass is 247 g/mol. The molecule has 0 fully saturated rings. The first-order valence-electron chi connectivity index (χ1n) is 5.95. The van der Waals surface area contributed by atoms with Crippen LogP contribution in [0.2, 0.25) is 0 Å². The van der Waals surface area contributed by atoms with Crippen molar-refractivity contribution < 1.29 is 4.74 Å². The zero-order chi connectivity index (χ0) is 12.6. The molecule has 0 radical (unpaired) electrons. The maximum atomic E-state index is 5.03. The number of aryl methyl sites for hydroxylation is 1. The highest BCUT2D eigenvalue weighted by Crippen LogP contribution is 2.07. The second-order valence-electron chi connectivity index (χ2n) is 3.86. The van der Waals surface area contributed by atoms with Crippen LogP contribution in [0.3, 0.4) is 0 Å². The van der Waals surface area contributed by atoms with E-state index in [1.807, 2.05) is 12.5 Å². The van der Waals surface area contributed by atoms with Gasteiger partial charge in [-0.05, 0) is 12.8 Å². The minimum absolute atomic E-state index is 0.575. The maximum Gasteiger partial charge on any atom is 0.225 e. The van der Waals surface area contributed by atoms with E-state index in [2.05, 4.69) is 24.8 Å². The first kappa shape index (κ1) is 12.3. The Morgan fingerprint density at radius 3 is 3.06 bits per heavy atom. The number of imidazole rings is 1. The molecule has 18 heavy (non-hydrogen) atoms. The van der Waals surface area contributed by atoms with Gasteiger partial charge < -0.3 is 14.6 Å². The molecule has 6 heteroatoms. The van der Waals surface area contributed by atoms with E-state index in [-0.39, 0.29) is 0 Å². The van der Waals surface area contributed by atoms with Gasteiger partial charge >= 0.3 is 0 Å². The van der Waals surface area contributed by atoms with Crippen molar-refractivity contribution in [2.75, 3.05) is 19.0 Å². The Morgan fingerprint density at radius 2 is 2.28 bits per heavy atom. The van der Waals surface area contributed by atoms with Crippen molar-refractivity contribution >= 4 is 5.95 Å². The molecule has 6 nitrogen and oxygen atoms in total. The fourth-order valence-electron chi connectivity index (χ4n) is 1.58. The van der Waals surface area contributed by atoms with Gasteiger partial charge in [0.25, 0.3) is 0 Å². The molecule has 0 amide bonds. The molecule has 0 bridgehead atoms. The molecular formula is C12H17N5O. The minimum atomic E-state index is 0.575. The molecular weight excluding hydrogens is 230 g/mol. The fourth-order valence-corrected chi connectivity index (χ4v) is 1.58. The molecule has 96 valence electrons. The molecule has 2 heterocycles. The minimum Gasteiger partial charge on any atom is -0.481 e. The van der Waals surface area contributed by atoms with Gasteiger partial charge in [-0.1, -0.05) is 0 Å². The van der Waals surface area contributed by atoms with E-state index in [9.17, 15) is 0 Å². The molecule has 0 aliphatic carbocycles. The van der Waals surface area contributed by atoms with Gasteiger partial charge in [0, 0.05) is 37.7 Å². The highest BCUT2D eigenvalue weighted by Gasteiger charge is 1.98. The van der Waals surface area contributed by atoms with Gasteiger partial charge in [-0.2, -0.15) is 4.98 Å². The summed E-state index contributed by atoms with van der Waals surface area (Å²) in [5.41, 5.74) is 0. The predicted octanol–water partition coefficient (Wildman–Crippen LogP) is 1.57. The Bertz CT molecular complexity index is 457. The van der Waals surface area contributed by atoms with Crippen molar-refractivity contribution in [1.29, 1.82) is 0 Å². The highest BCUT2D eigenvalue weighted by atomic mass is 16.5. The third kappa shape index (κ3) is 3.73. The summed E-state index contributed by atoms with van der Waals surface area (Å²) >= 11 is 0. The summed E-state index contributed by atoms with van der Waals surface area (Å²) in [5, 5.41) is 3.17. The number of hydrogen-bond acceptors (Lipinski definition) is 5. The van der Waals surface area contributed by atoms with Crippen LogP contribution in [0, 0.1) is 0 Å². The van der Waals surface area contributed by atoms with Crippen LogP contribution in [-0.4, -0.2) is 33.2 Å². The third-order valence-electron chi connectivity index (χ3n) is 2.52. The van der Waals surface area contributed by atoms with Crippen molar-refractivity contribution in [3.8, 4) is 5.88 Å². The van der Waals surface area contributed by atoms with Crippen LogP contribution >= 0.6 is 0 Å². The Hall–Kier alpha value is -2.11. The van der Waals surface area contributed by atoms with E-state index in [0.717, 1.165) is 25.9 Å². The number of hydrogen-bond donors (Lipinski definition) is 1. The van der Waals surface area contributed by atoms with Crippen LogP contribution in [0.15, 0.2) is 31.0 Å². The first-order valence-corrected chi connectivity index (χ1v) is 5.95. The average Bonchev–Trinajstić information content (AvgIpc) is 2.92. The van der Waals surface area contributed by atoms with E-state index in [1.54, 1.807) is 25.6 Å². The van der Waals surface area contributed by atoms with Crippen LogP contribution in [0.5, 0.6) is 5.88 Å². The Morgan fingerprint density at radius 1 is 1.33 bits per heavy atom. The maximum absolute atomic E-state index is 5.03. The summed E-state index contributed by atoms with van der Waals surface area (Å²) in [6.07, 6.45) is 9.42. The van der Waals surface area contributed by atoms with Crippen molar-refractivity contribution in [2.45, 2.75) is 19.4 Å². The summed E-state index contributed by atoms with van der Waals surface area (Å²) in [4.78, 5) is 12.3. The largest absolute Gasteiger partial charge is 0.481 e. The molecule has 2 aromatic rings. The number of ether oxygens (including phenoxy) is 1. The lowest BCUT2D eigenvalue weighted by Crippen LogP contribution is -2.07. The second-order valence-corrected chi connectivity index (χ2v) is 3.86. The number of anilines is 1. The lowest BCUT2D eigenvalue weighted by molar-refractivity contribution is 0.397. The van der Waals surface area contributed by atoms with Crippen molar-refractivity contribution in [3.05, 3.63) is 31.0 Å². The topological polar surface area (TPSA) is 64.9 Å². The van der Waals surface area contributed by atoms with E-state index < -0.39 is 0 Å². The van der Waals surface area contributed by atoms with E-state index >= 15 is 0 Å². The molecule has 2 rings (SSSR count). The van der Waals surface area contributed by atoms with Gasteiger partial charge in [0.15, 0.2) is 0 Å². The normalized spacial score (nSPS) is 10.3. The zero-order valence-electron chi connectivity index (χ0n) is 10.4. The summed E-state index contributed by atoms with van der Waals surface area (Å²) in [5.74, 6) is 1.18. The smallest absolute Gasteiger partial charge is 0.225 e. The number of aromatic nitrogens is 4. The number of methoxy groups -OCH3 is 1. The third-order valence-corrected chi connectivity index (χ3v) is 2.52. The van der Waals surface area contributed by atoms with Gasteiger partial charge in [0.2, 0.25) is 11.8 Å². The summed E-state index contributed by atoms with van der Waals surface area (Å²) < 4.78 is 7.10. The average molecular weight is 247 g/mol. The molecule has 0 atom stereocenters. The van der Waals surface area contributed by atoms with E-state index in [0.29, 0.717) is 11.8 Å². The number of nitrogens with zero attached hydrogens (tertiary/aromatic N) is 4. The van der Waals surface area contributed by atoms with Crippen molar-refractivity contribution in [2.24, 2.45) is 0 Å². The van der Waals surface area contributed by atoms with Crippen LogP contribution in [0.25, 0.3) is 0 Å². The predicted molar refractivity (Wildman–Crippen MR) is 68.5 cm³/mol. The van der Waals surface area contributed by atoms with Crippen LogP contribution in [-0.2, 0) is 6.54 Å². The number of unbranched alkanes of at least 4 members (excludes halogenated alkanes) is 1. The lowest BCUT2D eigenvalue weighted by atomic mass is 10.3. The Balaban J connectivity index is 1.65. The molecule has 2 aromatic heterocycles. The molecule has 0 aliphatic heterocycles. The van der Waals surface area contributed by atoms with Gasteiger partial charge in [-0.25, -0.2) is 9.97 Å². The van der Waals surface area contributed by atoms with Gasteiger partial charge in [-0.15, -0.1) is 0 Å². The molecule has 0 spiro atoms. The van der Waals surface area contributed by atoms with Gasteiger partial charge in [-0.3, -0.25) is 0 Å². The molecule has 0 saturated heterocycles. The van der Waals surface area contributed by atoms with Gasteiger partial charge in [0.1, 0.15) is 0 Å². The van der Waals surface area contributed by atoms with Crippen LogP contribution < -0.4 is 10.1 Å².